The molecule has 0 saturated carbocycles. The van der Waals surface area contributed by atoms with E-state index >= 15 is 0 Å². The number of carbonyl (C=O) groups excluding carboxylic acids is 1. The van der Waals surface area contributed by atoms with Gasteiger partial charge in [-0.05, 0) is 17.7 Å². The van der Waals surface area contributed by atoms with Gasteiger partial charge in [0.1, 0.15) is 5.69 Å². The second-order valence-corrected chi connectivity index (χ2v) is 10.4. The highest BCUT2D eigenvalue weighted by Crippen LogP contribution is 2.25. The van der Waals surface area contributed by atoms with Crippen molar-refractivity contribution in [3.63, 3.8) is 0 Å². The van der Waals surface area contributed by atoms with E-state index in [-0.39, 0.29) is 23.9 Å². The third kappa shape index (κ3) is 4.89. The molecule has 1 aliphatic heterocycles. The van der Waals surface area contributed by atoms with Crippen molar-refractivity contribution in [3.8, 4) is 11.3 Å². The molecular formula is C27H26N4O3S. The normalized spacial score (nSPS) is 14.7. The molecule has 0 aliphatic carbocycles. The maximum atomic E-state index is 13.6. The molecule has 2 heterocycles. The maximum absolute atomic E-state index is 13.6. The molecular weight excluding hydrogens is 460 g/mol. The molecule has 178 valence electrons. The van der Waals surface area contributed by atoms with Crippen LogP contribution in [0.15, 0.2) is 102 Å². The lowest BCUT2D eigenvalue weighted by Crippen LogP contribution is -2.50. The quantitative estimate of drug-likeness (QED) is 0.416. The molecule has 0 N–H and O–H groups in total. The van der Waals surface area contributed by atoms with Gasteiger partial charge in [-0.2, -0.15) is 9.40 Å². The predicted octanol–water partition coefficient (Wildman–Crippen LogP) is 3.75. The predicted molar refractivity (Wildman–Crippen MR) is 134 cm³/mol. The number of sulfonamides is 1. The van der Waals surface area contributed by atoms with Crippen LogP contribution in [0, 0.1) is 0 Å². The molecule has 1 aromatic heterocycles. The molecule has 35 heavy (non-hydrogen) atoms. The lowest BCUT2D eigenvalue weighted by molar-refractivity contribution is 0.0698. The fourth-order valence-electron chi connectivity index (χ4n) is 4.28. The maximum Gasteiger partial charge on any atom is 0.257 e. The number of rotatable bonds is 6. The smallest absolute Gasteiger partial charge is 0.257 e. The van der Waals surface area contributed by atoms with Gasteiger partial charge < -0.3 is 4.90 Å². The molecule has 5 rings (SSSR count). The number of piperazine rings is 1. The van der Waals surface area contributed by atoms with Gasteiger partial charge in [-0.15, -0.1) is 0 Å². The Labute approximate surface area is 205 Å². The van der Waals surface area contributed by atoms with Crippen LogP contribution in [0.5, 0.6) is 0 Å². The molecule has 0 spiro atoms. The number of aromatic nitrogens is 2. The summed E-state index contributed by atoms with van der Waals surface area (Å²) in [6, 6.07) is 28.0. The highest BCUT2D eigenvalue weighted by Gasteiger charge is 2.31. The topological polar surface area (TPSA) is 75.5 Å². The molecule has 0 unspecified atom stereocenters. The zero-order valence-corrected chi connectivity index (χ0v) is 20.0. The number of nitrogens with zero attached hydrogens (tertiary/aromatic N) is 4. The molecule has 1 saturated heterocycles. The summed E-state index contributed by atoms with van der Waals surface area (Å²) in [4.78, 5) is 15.6. The van der Waals surface area contributed by atoms with Gasteiger partial charge in [0, 0.05) is 37.9 Å². The Balaban J connectivity index is 1.37. The Hall–Kier alpha value is -3.75. The van der Waals surface area contributed by atoms with Crippen LogP contribution in [0.3, 0.4) is 0 Å². The summed E-state index contributed by atoms with van der Waals surface area (Å²) in [7, 11) is -3.58. The largest absolute Gasteiger partial charge is 0.336 e. The molecule has 0 atom stereocenters. The number of carbonyl (C=O) groups is 1. The minimum Gasteiger partial charge on any atom is -0.336 e. The van der Waals surface area contributed by atoms with Crippen LogP contribution in [0.4, 0.5) is 0 Å². The van der Waals surface area contributed by atoms with Crippen LogP contribution in [-0.2, 0) is 16.6 Å². The van der Waals surface area contributed by atoms with E-state index in [0.717, 1.165) is 11.1 Å². The van der Waals surface area contributed by atoms with Gasteiger partial charge in [0.2, 0.25) is 10.0 Å². The molecule has 1 amide bonds. The van der Waals surface area contributed by atoms with Crippen LogP contribution in [0.2, 0.25) is 0 Å². The Bertz CT molecular complexity index is 1400. The number of hydrogen-bond donors (Lipinski definition) is 0. The van der Waals surface area contributed by atoms with Crippen LogP contribution in [0.25, 0.3) is 11.3 Å². The van der Waals surface area contributed by atoms with Gasteiger partial charge in [0.05, 0.1) is 17.0 Å². The van der Waals surface area contributed by atoms with E-state index < -0.39 is 10.0 Å². The Morgan fingerprint density at radius 2 is 1.34 bits per heavy atom. The van der Waals surface area contributed by atoms with Crippen molar-refractivity contribution < 1.29 is 13.2 Å². The van der Waals surface area contributed by atoms with E-state index in [0.29, 0.717) is 30.9 Å². The summed E-state index contributed by atoms with van der Waals surface area (Å²) in [5.74, 6) is -0.139. The monoisotopic (exact) mass is 486 g/mol. The van der Waals surface area contributed by atoms with Crippen LogP contribution in [-0.4, -0.2) is 59.5 Å². The number of amides is 1. The molecule has 0 radical (unpaired) electrons. The van der Waals surface area contributed by atoms with Gasteiger partial charge in [-0.1, -0.05) is 78.9 Å². The lowest BCUT2D eigenvalue weighted by Gasteiger charge is -2.34. The molecule has 4 aromatic rings. The molecule has 0 bridgehead atoms. The standard InChI is InChI=1S/C27H26N4O3S/c32-27(29-16-18-31(19-17-29)35(33,34)24-14-8-3-9-15-24)25-21-30(20-22-10-4-1-5-11-22)28-26(25)23-12-6-2-7-13-23/h1-15,21H,16-20H2. The SMILES string of the molecule is O=C(c1cn(Cc2ccccc2)nc1-c1ccccc1)N1CCN(S(=O)(=O)c2ccccc2)CC1. The van der Waals surface area contributed by atoms with E-state index in [2.05, 4.69) is 0 Å². The fraction of sp³-hybridized carbons (Fsp3) is 0.185. The molecule has 7 nitrogen and oxygen atoms in total. The highest BCUT2D eigenvalue weighted by atomic mass is 32.2. The second kappa shape index (κ2) is 9.85. The van der Waals surface area contributed by atoms with Crippen molar-refractivity contribution in [1.82, 2.24) is 19.0 Å². The zero-order valence-electron chi connectivity index (χ0n) is 19.2. The second-order valence-electron chi connectivity index (χ2n) is 8.45. The summed E-state index contributed by atoms with van der Waals surface area (Å²) in [6.07, 6.45) is 1.80. The lowest BCUT2D eigenvalue weighted by atomic mass is 10.1. The van der Waals surface area contributed by atoms with Gasteiger partial charge in [-0.25, -0.2) is 8.42 Å². The highest BCUT2D eigenvalue weighted by molar-refractivity contribution is 7.89. The first-order valence-corrected chi connectivity index (χ1v) is 13.0. The summed E-state index contributed by atoms with van der Waals surface area (Å²) >= 11 is 0. The van der Waals surface area contributed by atoms with E-state index in [1.807, 2.05) is 60.7 Å². The third-order valence-corrected chi connectivity index (χ3v) is 8.05. The molecule has 8 heteroatoms. The number of benzene rings is 3. The molecule has 1 aliphatic rings. The van der Waals surface area contributed by atoms with Crippen LogP contribution in [0.1, 0.15) is 15.9 Å². The van der Waals surface area contributed by atoms with Crippen molar-refractivity contribution in [3.05, 3.63) is 108 Å². The van der Waals surface area contributed by atoms with Crippen molar-refractivity contribution in [2.75, 3.05) is 26.2 Å². The van der Waals surface area contributed by atoms with Crippen LogP contribution < -0.4 is 0 Å². The van der Waals surface area contributed by atoms with E-state index in [1.54, 1.807) is 46.1 Å². The Kier molecular flexibility index (Phi) is 6.48. The number of hydrogen-bond acceptors (Lipinski definition) is 4. The fourth-order valence-corrected chi connectivity index (χ4v) is 5.73. The zero-order chi connectivity index (χ0) is 24.3. The third-order valence-electron chi connectivity index (χ3n) is 6.13. The summed E-state index contributed by atoms with van der Waals surface area (Å²) in [5.41, 5.74) is 3.11. The first kappa shape index (κ1) is 23.0. The van der Waals surface area contributed by atoms with Gasteiger partial charge >= 0.3 is 0 Å². The minimum absolute atomic E-state index is 0.139. The summed E-state index contributed by atoms with van der Waals surface area (Å²) < 4.78 is 29.2. The molecule has 1 fully saturated rings. The average Bonchev–Trinajstić information content (AvgIpc) is 3.33. The first-order valence-electron chi connectivity index (χ1n) is 11.5. The summed E-state index contributed by atoms with van der Waals surface area (Å²) in [6.45, 7) is 1.70. The van der Waals surface area contributed by atoms with Crippen molar-refractivity contribution in [1.29, 1.82) is 0 Å². The van der Waals surface area contributed by atoms with Crippen molar-refractivity contribution in [2.45, 2.75) is 11.4 Å². The Morgan fingerprint density at radius 1 is 0.771 bits per heavy atom. The van der Waals surface area contributed by atoms with Crippen molar-refractivity contribution in [2.24, 2.45) is 0 Å². The molecule has 3 aromatic carbocycles. The average molecular weight is 487 g/mol. The minimum atomic E-state index is -3.58. The first-order chi connectivity index (χ1) is 17.0. The summed E-state index contributed by atoms with van der Waals surface area (Å²) in [5, 5.41) is 4.75. The van der Waals surface area contributed by atoms with E-state index in [4.69, 9.17) is 5.10 Å². The Morgan fingerprint density at radius 3 is 1.97 bits per heavy atom. The van der Waals surface area contributed by atoms with Gasteiger partial charge in [0.15, 0.2) is 0 Å². The van der Waals surface area contributed by atoms with E-state index in [1.165, 1.54) is 4.31 Å². The van der Waals surface area contributed by atoms with Gasteiger partial charge in [-0.3, -0.25) is 9.48 Å². The van der Waals surface area contributed by atoms with E-state index in [9.17, 15) is 13.2 Å². The van der Waals surface area contributed by atoms with Crippen LogP contribution >= 0.6 is 0 Å². The van der Waals surface area contributed by atoms with Crippen molar-refractivity contribution >= 4 is 15.9 Å². The van der Waals surface area contributed by atoms with Gasteiger partial charge in [0.25, 0.3) is 5.91 Å².